The van der Waals surface area contributed by atoms with E-state index in [0.717, 1.165) is 37.6 Å². The highest BCUT2D eigenvalue weighted by molar-refractivity contribution is 6.38. The van der Waals surface area contributed by atoms with Crippen molar-refractivity contribution in [3.8, 4) is 0 Å². The zero-order valence-corrected chi connectivity index (χ0v) is 28.0. The summed E-state index contributed by atoms with van der Waals surface area (Å²) in [7, 11) is 2.10. The summed E-state index contributed by atoms with van der Waals surface area (Å²) in [5.41, 5.74) is 0.882. The number of piperazine rings is 1. The molecule has 1 aromatic heterocycles. The quantitative estimate of drug-likeness (QED) is 0.228. The maximum Gasteiger partial charge on any atom is 0.224 e. The first-order chi connectivity index (χ1) is 21.2. The van der Waals surface area contributed by atoms with E-state index in [4.69, 9.17) is 0 Å². The largest absolute Gasteiger partial charge is 0.354 e. The number of hydrogen-bond donors (Lipinski definition) is 1. The molecule has 0 saturated carbocycles. The smallest absolute Gasteiger partial charge is 0.224 e. The summed E-state index contributed by atoms with van der Waals surface area (Å²) < 4.78 is 0. The normalized spacial score (nSPS) is 16.1. The SMILES string of the molecule is CC(C)[C@H](CC(=O)[C@H](C)NC(=O)[C@@H](CC(=O)c1ccccc1)C(C)(C)C)C(=O)C(=O)CCc1ccc(N2CCN(C)CC2)nc1. The van der Waals surface area contributed by atoms with E-state index >= 15 is 0 Å². The molecule has 0 spiro atoms. The number of pyridine rings is 1. The minimum atomic E-state index is -0.872. The van der Waals surface area contributed by atoms with Crippen LogP contribution in [-0.2, 0) is 25.6 Å². The number of carbonyl (C=O) groups is 5. The van der Waals surface area contributed by atoms with Gasteiger partial charge >= 0.3 is 0 Å². The first-order valence-corrected chi connectivity index (χ1v) is 16.0. The Kier molecular flexibility index (Phi) is 12.7. The second-order valence-electron chi connectivity index (χ2n) is 13.8. The van der Waals surface area contributed by atoms with Gasteiger partial charge in [-0.3, -0.25) is 24.0 Å². The summed E-state index contributed by atoms with van der Waals surface area (Å²) in [6, 6.07) is 11.9. The molecule has 0 radical (unpaired) electrons. The lowest BCUT2D eigenvalue weighted by atomic mass is 9.76. The van der Waals surface area contributed by atoms with Crippen LogP contribution in [0, 0.1) is 23.2 Å². The molecule has 2 aromatic rings. The van der Waals surface area contributed by atoms with E-state index in [1.165, 1.54) is 0 Å². The van der Waals surface area contributed by atoms with Crippen molar-refractivity contribution in [3.63, 3.8) is 0 Å². The van der Waals surface area contributed by atoms with E-state index in [1.54, 1.807) is 37.4 Å². The van der Waals surface area contributed by atoms with Gasteiger partial charge in [0.25, 0.3) is 0 Å². The van der Waals surface area contributed by atoms with Crippen molar-refractivity contribution in [2.45, 2.75) is 73.3 Å². The first-order valence-electron chi connectivity index (χ1n) is 16.0. The van der Waals surface area contributed by atoms with Crippen LogP contribution in [0.3, 0.4) is 0 Å². The Labute approximate surface area is 268 Å². The lowest BCUT2D eigenvalue weighted by molar-refractivity contribution is -0.141. The number of nitrogens with one attached hydrogen (secondary N) is 1. The molecule has 1 aliphatic heterocycles. The topological polar surface area (TPSA) is 117 Å². The number of nitrogens with zero attached hydrogens (tertiary/aromatic N) is 3. The van der Waals surface area contributed by atoms with Crippen molar-refractivity contribution < 1.29 is 24.0 Å². The van der Waals surface area contributed by atoms with Gasteiger partial charge in [0.1, 0.15) is 5.82 Å². The molecule has 1 amide bonds. The molecule has 45 heavy (non-hydrogen) atoms. The molecule has 2 heterocycles. The molecule has 1 fully saturated rings. The van der Waals surface area contributed by atoms with Crippen molar-refractivity contribution in [2.24, 2.45) is 23.2 Å². The zero-order valence-electron chi connectivity index (χ0n) is 28.0. The summed E-state index contributed by atoms with van der Waals surface area (Å²) in [5, 5.41) is 2.78. The van der Waals surface area contributed by atoms with Gasteiger partial charge in [-0.25, -0.2) is 4.98 Å². The summed E-state index contributed by atoms with van der Waals surface area (Å²) >= 11 is 0. The Bertz CT molecular complexity index is 1330. The van der Waals surface area contributed by atoms with Crippen LogP contribution in [0.4, 0.5) is 5.82 Å². The number of Topliss-reactive ketones (excluding diaryl/α,β-unsaturated/α-hetero) is 4. The molecule has 3 rings (SSSR count). The molecule has 1 saturated heterocycles. The summed E-state index contributed by atoms with van der Waals surface area (Å²) in [6.45, 7) is 14.7. The van der Waals surface area contributed by atoms with Gasteiger partial charge in [-0.05, 0) is 43.4 Å². The van der Waals surface area contributed by atoms with E-state index < -0.39 is 34.9 Å². The number of rotatable bonds is 15. The number of benzene rings is 1. The second kappa shape index (κ2) is 16.0. The second-order valence-corrected chi connectivity index (χ2v) is 13.8. The maximum atomic E-state index is 13.3. The van der Waals surface area contributed by atoms with Gasteiger partial charge < -0.3 is 15.1 Å². The number of anilines is 1. The minimum Gasteiger partial charge on any atom is -0.354 e. The number of carbonyl (C=O) groups excluding carboxylic acids is 5. The summed E-state index contributed by atoms with van der Waals surface area (Å²) in [4.78, 5) is 74.7. The lowest BCUT2D eigenvalue weighted by Gasteiger charge is -2.33. The third-order valence-corrected chi connectivity index (χ3v) is 8.80. The van der Waals surface area contributed by atoms with Crippen molar-refractivity contribution in [2.75, 3.05) is 38.1 Å². The maximum absolute atomic E-state index is 13.3. The highest BCUT2D eigenvalue weighted by Crippen LogP contribution is 2.30. The van der Waals surface area contributed by atoms with Crippen molar-refractivity contribution in [1.82, 2.24) is 15.2 Å². The Morgan fingerprint density at radius 1 is 0.889 bits per heavy atom. The molecule has 0 bridgehead atoms. The van der Waals surface area contributed by atoms with Gasteiger partial charge in [0.05, 0.1) is 12.0 Å². The van der Waals surface area contributed by atoms with Crippen LogP contribution < -0.4 is 10.2 Å². The van der Waals surface area contributed by atoms with E-state index in [0.29, 0.717) is 12.0 Å². The van der Waals surface area contributed by atoms with Crippen molar-refractivity contribution in [1.29, 1.82) is 0 Å². The van der Waals surface area contributed by atoms with Crippen LogP contribution in [-0.4, -0.2) is 78.2 Å². The monoisotopic (exact) mass is 618 g/mol. The number of aryl methyl sites for hydroxylation is 1. The summed E-state index contributed by atoms with van der Waals surface area (Å²) in [6.07, 6.45) is 2.06. The van der Waals surface area contributed by atoms with E-state index in [-0.39, 0.29) is 42.7 Å². The fourth-order valence-corrected chi connectivity index (χ4v) is 5.51. The van der Waals surface area contributed by atoms with E-state index in [1.807, 2.05) is 52.8 Å². The van der Waals surface area contributed by atoms with Crippen molar-refractivity contribution in [3.05, 3.63) is 59.8 Å². The van der Waals surface area contributed by atoms with Gasteiger partial charge in [-0.2, -0.15) is 0 Å². The first kappa shape index (κ1) is 35.8. The molecule has 1 aliphatic rings. The van der Waals surface area contributed by atoms with Crippen LogP contribution in [0.5, 0.6) is 0 Å². The van der Waals surface area contributed by atoms with Gasteiger partial charge in [0.2, 0.25) is 11.7 Å². The van der Waals surface area contributed by atoms with Crippen LogP contribution in [0.15, 0.2) is 48.7 Å². The molecule has 9 nitrogen and oxygen atoms in total. The fraction of sp³-hybridized carbons (Fsp3) is 0.556. The Morgan fingerprint density at radius 2 is 1.53 bits per heavy atom. The van der Waals surface area contributed by atoms with Gasteiger partial charge in [0.15, 0.2) is 17.3 Å². The van der Waals surface area contributed by atoms with Crippen LogP contribution in [0.25, 0.3) is 0 Å². The minimum absolute atomic E-state index is 0.00988. The average molecular weight is 619 g/mol. The molecule has 1 aromatic carbocycles. The van der Waals surface area contributed by atoms with Crippen LogP contribution >= 0.6 is 0 Å². The fourth-order valence-electron chi connectivity index (χ4n) is 5.51. The Morgan fingerprint density at radius 3 is 2.09 bits per heavy atom. The van der Waals surface area contributed by atoms with Gasteiger partial charge in [0, 0.05) is 63.1 Å². The number of likely N-dealkylation sites (N-methyl/N-ethyl adjacent to an activating group) is 1. The standard InChI is InChI=1S/C36H50N4O5/c1-24(2)28(34(44)30(41)15-13-26-14-16-33(37-23-26)40-19-17-39(7)18-20-40)21-31(42)25(3)38-35(45)29(36(4,5)6)22-32(43)27-11-9-8-10-12-27/h8-12,14,16,23-25,28-29H,13,15,17-22H2,1-7H3,(H,38,45)/t25-,28-,29+/m0/s1. The zero-order chi connectivity index (χ0) is 33.3. The summed E-state index contributed by atoms with van der Waals surface area (Å²) in [5.74, 6) is -2.68. The Balaban J connectivity index is 1.55. The lowest BCUT2D eigenvalue weighted by Crippen LogP contribution is -2.46. The predicted molar refractivity (Wildman–Crippen MR) is 176 cm³/mol. The number of aromatic nitrogens is 1. The van der Waals surface area contributed by atoms with Crippen LogP contribution in [0.2, 0.25) is 0 Å². The van der Waals surface area contributed by atoms with E-state index in [9.17, 15) is 24.0 Å². The molecular weight excluding hydrogens is 568 g/mol. The number of ketones is 4. The van der Waals surface area contributed by atoms with Crippen LogP contribution in [0.1, 0.15) is 76.7 Å². The molecule has 0 aliphatic carbocycles. The molecule has 3 atom stereocenters. The third-order valence-electron chi connectivity index (χ3n) is 8.80. The van der Waals surface area contributed by atoms with Gasteiger partial charge in [-0.15, -0.1) is 0 Å². The van der Waals surface area contributed by atoms with Crippen molar-refractivity contribution >= 4 is 34.9 Å². The highest BCUT2D eigenvalue weighted by atomic mass is 16.2. The highest BCUT2D eigenvalue weighted by Gasteiger charge is 2.36. The number of hydrogen-bond acceptors (Lipinski definition) is 8. The van der Waals surface area contributed by atoms with Gasteiger partial charge in [-0.1, -0.05) is 71.0 Å². The Hall–Kier alpha value is -3.72. The molecule has 1 N–H and O–H groups in total. The average Bonchev–Trinajstić information content (AvgIpc) is 3.00. The third kappa shape index (κ3) is 10.4. The molecular formula is C36H50N4O5. The predicted octanol–water partition coefficient (Wildman–Crippen LogP) is 4.58. The van der Waals surface area contributed by atoms with E-state index in [2.05, 4.69) is 27.1 Å². The number of amides is 1. The molecule has 9 heteroatoms. The molecule has 244 valence electrons. The molecule has 0 unspecified atom stereocenters.